The van der Waals surface area contributed by atoms with Crippen molar-refractivity contribution in [3.63, 3.8) is 0 Å². The van der Waals surface area contributed by atoms with Crippen molar-refractivity contribution in [2.75, 3.05) is 13.1 Å². The molecule has 2 heterocycles. The number of H-pyrrole nitrogens is 1. The van der Waals surface area contributed by atoms with Crippen LogP contribution < -0.4 is 16.0 Å². The maximum absolute atomic E-state index is 12.2. The second-order valence-corrected chi connectivity index (χ2v) is 11.1. The van der Waals surface area contributed by atoms with E-state index in [2.05, 4.69) is 83.9 Å². The van der Waals surface area contributed by atoms with E-state index in [1.54, 1.807) is 0 Å². The van der Waals surface area contributed by atoms with Crippen molar-refractivity contribution < 1.29 is 14.7 Å². The van der Waals surface area contributed by atoms with Crippen LogP contribution in [0.4, 0.5) is 4.79 Å². The standard InChI is InChI=1S/C28H36N6O.C6H12O2/c1-4-5-6-14-30-28(35)32-23-10-8-11-24-25-12-7-9-22(27(25)33-26(24)16-23)18-29-15-13-21-17-31-34(19-21)20(2)3;1-2-3-4-5-6(7)8/h7-12,16-17,19-20,29,33H,4-6,13-15,18H2,1-3H3,(H,30,35);2-5H2,1H3,(H,7,8). The van der Waals surface area contributed by atoms with Crippen LogP contribution in [0.5, 0.6) is 0 Å². The molecule has 4 aromatic rings. The molecule has 2 aromatic carbocycles. The smallest absolute Gasteiger partial charge is 0.341 e. The number of aromatic amines is 1. The number of amides is 2. The number of unbranched alkanes of at least 4 members (excludes halogenated alkanes) is 4. The van der Waals surface area contributed by atoms with Crippen LogP contribution in [0.15, 0.2) is 59.9 Å². The van der Waals surface area contributed by atoms with E-state index in [9.17, 15) is 9.59 Å². The summed E-state index contributed by atoms with van der Waals surface area (Å²) < 4.78 is 2.00. The van der Waals surface area contributed by atoms with Crippen molar-refractivity contribution in [1.82, 2.24) is 25.4 Å². The lowest BCUT2D eigenvalue weighted by Gasteiger charge is -2.06. The molecule has 4 rings (SSSR count). The van der Waals surface area contributed by atoms with Crippen molar-refractivity contribution >= 4 is 33.8 Å². The van der Waals surface area contributed by atoms with Crippen LogP contribution in [0.25, 0.3) is 21.8 Å². The van der Waals surface area contributed by atoms with Gasteiger partial charge in [-0.2, -0.15) is 10.1 Å². The Balaban J connectivity index is 0.000000557. The van der Waals surface area contributed by atoms with E-state index in [1.165, 1.54) is 16.5 Å². The van der Waals surface area contributed by atoms with Gasteiger partial charge in [0, 0.05) is 48.0 Å². The van der Waals surface area contributed by atoms with Crippen molar-refractivity contribution in [3.8, 4) is 0 Å². The number of nitrogens with one attached hydrogen (secondary N) is 3. The molecular weight excluding hydrogens is 540 g/mol. The molecule has 9 heteroatoms. The van der Waals surface area contributed by atoms with Gasteiger partial charge in [-0.1, -0.05) is 69.9 Å². The molecule has 0 radical (unpaired) electrons. The number of nitrogens with zero attached hydrogens (tertiary/aromatic N) is 3. The quantitative estimate of drug-likeness (QED) is 0.120. The maximum Gasteiger partial charge on any atom is 0.341 e. The summed E-state index contributed by atoms with van der Waals surface area (Å²) in [5.41, 5.74) is 4.54. The first-order valence-electron chi connectivity index (χ1n) is 15.6. The van der Waals surface area contributed by atoms with Crippen molar-refractivity contribution in [1.29, 1.82) is 0 Å². The molecule has 0 aliphatic carbocycles. The Kier molecular flexibility index (Phi) is 13.9. The van der Waals surface area contributed by atoms with Gasteiger partial charge in [-0.3, -0.25) is 9.48 Å². The molecule has 0 unspecified atom stereocenters. The predicted molar refractivity (Wildman–Crippen MR) is 174 cm³/mol. The first-order valence-corrected chi connectivity index (χ1v) is 15.6. The molecule has 2 aromatic heterocycles. The summed E-state index contributed by atoms with van der Waals surface area (Å²) in [4.78, 5) is 29.9. The number of urea groups is 1. The lowest BCUT2D eigenvalue weighted by molar-refractivity contribution is -0.137. The zero-order valence-electron chi connectivity index (χ0n) is 26.2. The average molecular weight is 589 g/mol. The molecule has 2 amide bonds. The van der Waals surface area contributed by atoms with Gasteiger partial charge in [-0.25, -0.2) is 4.79 Å². The molecule has 0 fully saturated rings. The number of carbonyl (C=O) groups excluding carboxylic acids is 1. The first kappa shape index (κ1) is 33.5. The summed E-state index contributed by atoms with van der Waals surface area (Å²) in [5, 5.41) is 21.9. The lowest BCUT2D eigenvalue weighted by Crippen LogP contribution is -2.22. The molecule has 0 bridgehead atoms. The fraction of sp³-hybridized carbons (Fsp3) is 0.471. The highest BCUT2D eigenvalue weighted by atomic mass is 16.4. The fourth-order valence-corrected chi connectivity index (χ4v) is 4.77. The highest BCUT2D eigenvalue weighted by Gasteiger charge is 2.08. The van der Waals surface area contributed by atoms with E-state index >= 15 is 0 Å². The number of benzene rings is 1. The van der Waals surface area contributed by atoms with Crippen molar-refractivity contribution in [3.05, 3.63) is 71.3 Å². The first-order chi connectivity index (χ1) is 20.8. The summed E-state index contributed by atoms with van der Waals surface area (Å²) in [5.74, 6) is -0.682. The molecule has 0 aliphatic rings. The van der Waals surface area contributed by atoms with Gasteiger partial charge in [0.05, 0.1) is 17.1 Å². The van der Waals surface area contributed by atoms with Crippen LogP contribution in [-0.2, 0) is 17.8 Å². The van der Waals surface area contributed by atoms with Crippen LogP contribution in [0.3, 0.4) is 0 Å². The molecule has 0 saturated heterocycles. The zero-order chi connectivity index (χ0) is 31.0. The predicted octanol–water partition coefficient (Wildman–Crippen LogP) is 6.88. The molecular formula is C34H48N6O3. The Labute approximate surface area is 254 Å². The van der Waals surface area contributed by atoms with E-state index in [4.69, 9.17) is 5.11 Å². The number of fused-ring (bicyclic) bond motifs is 3. The topological polar surface area (TPSA) is 124 Å². The normalized spacial score (nSPS) is 11.6. The third-order valence-electron chi connectivity index (χ3n) is 7.18. The number of hydrogen-bond donors (Lipinski definition) is 4. The monoisotopic (exact) mass is 588 g/mol. The summed E-state index contributed by atoms with van der Waals surface area (Å²) in [7, 11) is 0. The van der Waals surface area contributed by atoms with E-state index in [0.29, 0.717) is 24.4 Å². The van der Waals surface area contributed by atoms with Gasteiger partial charge in [-0.05, 0) is 62.9 Å². The summed E-state index contributed by atoms with van der Waals surface area (Å²) in [6.07, 6.45) is 11.5. The molecule has 0 saturated carbocycles. The number of aliphatic carboxylic acids is 1. The Hall–Kier alpha value is -3.98. The highest BCUT2D eigenvalue weighted by Crippen LogP contribution is 2.26. The molecule has 9 nitrogen and oxygen atoms in total. The third-order valence-corrected chi connectivity index (χ3v) is 7.18. The molecule has 43 heavy (non-hydrogen) atoms. The maximum atomic E-state index is 12.2. The van der Waals surface area contributed by atoms with E-state index in [0.717, 1.165) is 74.5 Å². The largest absolute Gasteiger partial charge is 0.481 e. The molecule has 0 spiro atoms. The van der Waals surface area contributed by atoms with Crippen LogP contribution in [0.2, 0.25) is 0 Å². The van der Waals surface area contributed by atoms with Gasteiger partial charge in [-0.15, -0.1) is 0 Å². The number of aromatic nitrogens is 3. The molecule has 0 atom stereocenters. The SMILES string of the molecule is CCCCCC(=O)O.CCCCCNC(=O)N=c1cccc2c(c1)[nH]c1c(CNCCc3cnn(C(C)C)c3)cccc12. The number of carboxylic acid groups (broad SMARTS) is 1. The molecule has 4 N–H and O–H groups in total. The van der Waals surface area contributed by atoms with E-state index < -0.39 is 5.97 Å². The summed E-state index contributed by atoms with van der Waals surface area (Å²) in [6, 6.07) is 14.3. The number of hydrogen-bond acceptors (Lipinski definition) is 4. The van der Waals surface area contributed by atoms with E-state index in [1.807, 2.05) is 29.1 Å². The number of carbonyl (C=O) groups is 2. The van der Waals surface area contributed by atoms with Crippen LogP contribution >= 0.6 is 0 Å². The van der Waals surface area contributed by atoms with Crippen LogP contribution in [-0.4, -0.2) is 45.0 Å². The Morgan fingerprint density at radius 3 is 2.47 bits per heavy atom. The van der Waals surface area contributed by atoms with Gasteiger partial charge in [0.25, 0.3) is 0 Å². The van der Waals surface area contributed by atoms with Gasteiger partial charge >= 0.3 is 12.0 Å². The Bertz CT molecular complexity index is 1520. The molecule has 232 valence electrons. The second kappa shape index (κ2) is 17.9. The molecule has 0 aliphatic heterocycles. The highest BCUT2D eigenvalue weighted by molar-refractivity contribution is 6.07. The average Bonchev–Trinajstić information content (AvgIpc) is 3.54. The van der Waals surface area contributed by atoms with Crippen molar-refractivity contribution in [2.45, 2.75) is 91.6 Å². The second-order valence-electron chi connectivity index (χ2n) is 11.1. The minimum atomic E-state index is -0.682. The zero-order valence-corrected chi connectivity index (χ0v) is 26.2. The third kappa shape index (κ3) is 11.0. The minimum absolute atomic E-state index is 0.291. The lowest BCUT2D eigenvalue weighted by atomic mass is 10.1. The Morgan fingerprint density at radius 1 is 1.00 bits per heavy atom. The van der Waals surface area contributed by atoms with Gasteiger partial charge in [0.15, 0.2) is 0 Å². The number of para-hydroxylation sites is 1. The summed E-state index contributed by atoms with van der Waals surface area (Å²) >= 11 is 0. The van der Waals surface area contributed by atoms with Crippen LogP contribution in [0.1, 0.15) is 89.8 Å². The van der Waals surface area contributed by atoms with Gasteiger partial charge in [0.1, 0.15) is 0 Å². The van der Waals surface area contributed by atoms with Crippen LogP contribution in [0, 0.1) is 0 Å². The fourth-order valence-electron chi connectivity index (χ4n) is 4.77. The number of carboxylic acids is 1. The summed E-state index contributed by atoms with van der Waals surface area (Å²) in [6.45, 7) is 10.8. The van der Waals surface area contributed by atoms with Gasteiger partial charge < -0.3 is 20.7 Å². The minimum Gasteiger partial charge on any atom is -0.481 e. The Morgan fingerprint density at radius 2 is 1.74 bits per heavy atom. The van der Waals surface area contributed by atoms with E-state index in [-0.39, 0.29) is 6.03 Å². The van der Waals surface area contributed by atoms with Crippen molar-refractivity contribution in [2.24, 2.45) is 4.99 Å². The number of rotatable bonds is 14. The van der Waals surface area contributed by atoms with Gasteiger partial charge in [0.2, 0.25) is 0 Å².